The standard InChI is InChI=1S/C12H13Cl2NS/c1-3-7-10(6-15-2)16-12-9(14)5-4-8(13)11(7)12/h4-5,15H,3,6H2,1-2H3. The molecule has 0 atom stereocenters. The summed E-state index contributed by atoms with van der Waals surface area (Å²) >= 11 is 14.2. The molecule has 1 heterocycles. The first kappa shape index (κ1) is 12.2. The Bertz CT molecular complexity index is 519. The van der Waals surface area contributed by atoms with E-state index in [-0.39, 0.29) is 0 Å². The van der Waals surface area contributed by atoms with Crippen molar-refractivity contribution in [3.63, 3.8) is 0 Å². The fourth-order valence-corrected chi connectivity index (χ4v) is 3.85. The molecule has 0 saturated carbocycles. The summed E-state index contributed by atoms with van der Waals surface area (Å²) in [5.41, 5.74) is 1.32. The molecular weight excluding hydrogens is 261 g/mol. The Morgan fingerprint density at radius 1 is 1.25 bits per heavy atom. The molecule has 1 N–H and O–H groups in total. The summed E-state index contributed by atoms with van der Waals surface area (Å²) in [6.07, 6.45) is 0.983. The highest BCUT2D eigenvalue weighted by Gasteiger charge is 2.14. The van der Waals surface area contributed by atoms with Crippen LogP contribution in [0.4, 0.5) is 0 Å². The first-order chi connectivity index (χ1) is 7.69. The van der Waals surface area contributed by atoms with Gasteiger partial charge in [-0.2, -0.15) is 0 Å². The van der Waals surface area contributed by atoms with E-state index in [0.29, 0.717) is 0 Å². The number of hydrogen-bond donors (Lipinski definition) is 1. The van der Waals surface area contributed by atoms with Crippen LogP contribution >= 0.6 is 34.5 Å². The number of halogens is 2. The van der Waals surface area contributed by atoms with Gasteiger partial charge in [-0.3, -0.25) is 0 Å². The van der Waals surface area contributed by atoms with Gasteiger partial charge in [-0.1, -0.05) is 30.1 Å². The molecule has 1 aromatic heterocycles. The zero-order chi connectivity index (χ0) is 11.7. The molecule has 0 aliphatic heterocycles. The van der Waals surface area contributed by atoms with Crippen LogP contribution < -0.4 is 5.32 Å². The molecule has 2 rings (SSSR count). The zero-order valence-electron chi connectivity index (χ0n) is 9.23. The van der Waals surface area contributed by atoms with Crippen LogP contribution in [0.25, 0.3) is 10.1 Å². The van der Waals surface area contributed by atoms with Crippen LogP contribution in [-0.2, 0) is 13.0 Å². The highest BCUT2D eigenvalue weighted by Crippen LogP contribution is 2.40. The second-order valence-electron chi connectivity index (χ2n) is 3.62. The number of benzene rings is 1. The van der Waals surface area contributed by atoms with E-state index in [4.69, 9.17) is 23.2 Å². The van der Waals surface area contributed by atoms with E-state index >= 15 is 0 Å². The molecule has 86 valence electrons. The van der Waals surface area contributed by atoms with Gasteiger partial charge in [0.05, 0.1) is 9.72 Å². The predicted molar refractivity (Wildman–Crippen MR) is 74.0 cm³/mol. The van der Waals surface area contributed by atoms with E-state index in [9.17, 15) is 0 Å². The largest absolute Gasteiger partial charge is 0.315 e. The number of aryl methyl sites for hydroxylation is 1. The second-order valence-corrected chi connectivity index (χ2v) is 5.54. The number of hydrogen-bond acceptors (Lipinski definition) is 2. The molecule has 0 spiro atoms. The van der Waals surface area contributed by atoms with Crippen LogP contribution in [0, 0.1) is 0 Å². The summed E-state index contributed by atoms with van der Waals surface area (Å²) in [5, 5.41) is 5.91. The molecule has 2 aromatic rings. The maximum atomic E-state index is 6.25. The van der Waals surface area contributed by atoms with Crippen molar-refractivity contribution in [1.82, 2.24) is 5.32 Å². The smallest absolute Gasteiger partial charge is 0.0585 e. The van der Waals surface area contributed by atoms with Crippen molar-refractivity contribution in [3.05, 3.63) is 32.6 Å². The van der Waals surface area contributed by atoms with Crippen molar-refractivity contribution in [1.29, 1.82) is 0 Å². The second kappa shape index (κ2) is 4.92. The maximum Gasteiger partial charge on any atom is 0.0585 e. The molecule has 0 aliphatic rings. The average molecular weight is 274 g/mol. The third-order valence-corrected chi connectivity index (χ3v) is 4.62. The SMILES string of the molecule is CCc1c(CNC)sc2c(Cl)ccc(Cl)c12. The van der Waals surface area contributed by atoms with Gasteiger partial charge in [-0.15, -0.1) is 11.3 Å². The molecule has 1 nitrogen and oxygen atoms in total. The fourth-order valence-electron chi connectivity index (χ4n) is 1.92. The Morgan fingerprint density at radius 2 is 1.94 bits per heavy atom. The third-order valence-electron chi connectivity index (χ3n) is 2.61. The number of nitrogens with one attached hydrogen (secondary N) is 1. The van der Waals surface area contributed by atoms with Crippen LogP contribution in [-0.4, -0.2) is 7.05 Å². The number of thiophene rings is 1. The minimum absolute atomic E-state index is 0.793. The normalized spacial score (nSPS) is 11.2. The lowest BCUT2D eigenvalue weighted by Gasteiger charge is -2.02. The molecule has 0 unspecified atom stereocenters. The molecule has 0 amide bonds. The van der Waals surface area contributed by atoms with Crippen molar-refractivity contribution in [2.24, 2.45) is 0 Å². The number of fused-ring (bicyclic) bond motifs is 1. The third kappa shape index (κ3) is 1.95. The van der Waals surface area contributed by atoms with Crippen LogP contribution in [0.1, 0.15) is 17.4 Å². The van der Waals surface area contributed by atoms with Gasteiger partial charge in [0.1, 0.15) is 0 Å². The lowest BCUT2D eigenvalue weighted by molar-refractivity contribution is 0.822. The quantitative estimate of drug-likeness (QED) is 0.869. The van der Waals surface area contributed by atoms with E-state index in [1.165, 1.54) is 10.4 Å². The highest BCUT2D eigenvalue weighted by atomic mass is 35.5. The summed E-state index contributed by atoms with van der Waals surface area (Å²) in [6, 6.07) is 3.74. The molecule has 0 aliphatic carbocycles. The fraction of sp³-hybridized carbons (Fsp3) is 0.333. The van der Waals surface area contributed by atoms with Gasteiger partial charge in [0, 0.05) is 21.8 Å². The van der Waals surface area contributed by atoms with Crippen molar-refractivity contribution in [2.75, 3.05) is 7.05 Å². The Kier molecular flexibility index (Phi) is 3.75. The Labute approximate surface area is 109 Å². The summed E-state index contributed by atoms with van der Waals surface area (Å²) in [6.45, 7) is 3.02. The van der Waals surface area contributed by atoms with Gasteiger partial charge in [0.2, 0.25) is 0 Å². The first-order valence-electron chi connectivity index (χ1n) is 5.21. The highest BCUT2D eigenvalue weighted by molar-refractivity contribution is 7.20. The Morgan fingerprint density at radius 3 is 2.56 bits per heavy atom. The Hall–Kier alpha value is -0.280. The van der Waals surface area contributed by atoms with Crippen molar-refractivity contribution < 1.29 is 0 Å². The zero-order valence-corrected chi connectivity index (χ0v) is 11.6. The van der Waals surface area contributed by atoms with E-state index in [1.807, 2.05) is 19.2 Å². The van der Waals surface area contributed by atoms with E-state index in [0.717, 1.165) is 33.1 Å². The van der Waals surface area contributed by atoms with Gasteiger partial charge < -0.3 is 5.32 Å². The van der Waals surface area contributed by atoms with Gasteiger partial charge in [0.15, 0.2) is 0 Å². The van der Waals surface area contributed by atoms with Crippen molar-refractivity contribution >= 4 is 44.6 Å². The topological polar surface area (TPSA) is 12.0 Å². The number of rotatable bonds is 3. The Balaban J connectivity index is 2.76. The molecular formula is C12H13Cl2NS. The monoisotopic (exact) mass is 273 g/mol. The van der Waals surface area contributed by atoms with Crippen molar-refractivity contribution in [2.45, 2.75) is 19.9 Å². The van der Waals surface area contributed by atoms with Crippen LogP contribution in [0.15, 0.2) is 12.1 Å². The molecule has 16 heavy (non-hydrogen) atoms. The van der Waals surface area contributed by atoms with Gasteiger partial charge in [0.25, 0.3) is 0 Å². The molecule has 0 bridgehead atoms. The molecule has 4 heteroatoms. The summed E-state index contributed by atoms with van der Waals surface area (Å²) in [7, 11) is 1.95. The minimum Gasteiger partial charge on any atom is -0.315 e. The van der Waals surface area contributed by atoms with Crippen molar-refractivity contribution in [3.8, 4) is 0 Å². The van der Waals surface area contributed by atoms with Gasteiger partial charge in [-0.05, 0) is 31.2 Å². The van der Waals surface area contributed by atoms with E-state index < -0.39 is 0 Å². The van der Waals surface area contributed by atoms with Crippen LogP contribution in [0.3, 0.4) is 0 Å². The molecule has 0 saturated heterocycles. The minimum atomic E-state index is 0.793. The molecule has 0 fully saturated rings. The summed E-state index contributed by atoms with van der Waals surface area (Å²) < 4.78 is 1.11. The van der Waals surface area contributed by atoms with Gasteiger partial charge >= 0.3 is 0 Å². The average Bonchev–Trinajstić information content (AvgIpc) is 2.64. The molecule has 1 aromatic carbocycles. The maximum absolute atomic E-state index is 6.25. The summed E-state index contributed by atoms with van der Waals surface area (Å²) in [4.78, 5) is 1.33. The lowest BCUT2D eigenvalue weighted by Crippen LogP contribution is -2.04. The first-order valence-corrected chi connectivity index (χ1v) is 6.79. The lowest BCUT2D eigenvalue weighted by atomic mass is 10.1. The van der Waals surface area contributed by atoms with Crippen LogP contribution in [0.2, 0.25) is 10.0 Å². The van der Waals surface area contributed by atoms with E-state index in [1.54, 1.807) is 11.3 Å². The van der Waals surface area contributed by atoms with Crippen LogP contribution in [0.5, 0.6) is 0 Å². The predicted octanol–water partition coefficient (Wildman–Crippen LogP) is 4.49. The van der Waals surface area contributed by atoms with E-state index in [2.05, 4.69) is 12.2 Å². The molecule has 0 radical (unpaired) electrons. The summed E-state index contributed by atoms with van der Waals surface area (Å²) in [5.74, 6) is 0. The van der Waals surface area contributed by atoms with Gasteiger partial charge in [-0.25, -0.2) is 0 Å².